The summed E-state index contributed by atoms with van der Waals surface area (Å²) in [6, 6.07) is 6.26. The third-order valence-corrected chi connectivity index (χ3v) is 4.24. The van der Waals surface area contributed by atoms with Gasteiger partial charge in [-0.3, -0.25) is 0 Å². The zero-order chi connectivity index (χ0) is 12.3. The predicted octanol–water partition coefficient (Wildman–Crippen LogP) is 5.11. The van der Waals surface area contributed by atoms with Gasteiger partial charge in [-0.1, -0.05) is 35.7 Å². The first-order chi connectivity index (χ1) is 8.19. The third kappa shape index (κ3) is 3.48. The number of ether oxygens (including phenoxy) is 1. The second-order valence-electron chi connectivity index (χ2n) is 5.09. The van der Waals surface area contributed by atoms with Crippen molar-refractivity contribution in [2.45, 2.75) is 52.1 Å². The van der Waals surface area contributed by atoms with Crippen molar-refractivity contribution in [3.8, 4) is 5.75 Å². The molecule has 2 atom stereocenters. The van der Waals surface area contributed by atoms with Crippen molar-refractivity contribution in [1.82, 2.24) is 0 Å². The number of hydrogen-bond donors (Lipinski definition) is 0. The number of halogens is 1. The number of hydrogen-bond acceptors (Lipinski definition) is 1. The molecule has 0 bridgehead atoms. The van der Waals surface area contributed by atoms with Gasteiger partial charge in [-0.15, -0.1) is 0 Å². The summed E-state index contributed by atoms with van der Waals surface area (Å²) in [6.07, 6.45) is 6.86. The van der Waals surface area contributed by atoms with Crippen LogP contribution in [-0.4, -0.2) is 6.10 Å². The van der Waals surface area contributed by atoms with Crippen LogP contribution in [0.4, 0.5) is 0 Å². The van der Waals surface area contributed by atoms with Crippen LogP contribution in [0.1, 0.15) is 44.6 Å². The van der Waals surface area contributed by atoms with E-state index in [2.05, 4.69) is 48.0 Å². The van der Waals surface area contributed by atoms with Crippen LogP contribution in [-0.2, 0) is 0 Å². The fraction of sp³-hybridized carbons (Fsp3) is 0.600. The first kappa shape index (κ1) is 12.9. The van der Waals surface area contributed by atoms with Crippen LogP contribution in [0.2, 0.25) is 0 Å². The monoisotopic (exact) mass is 296 g/mol. The zero-order valence-electron chi connectivity index (χ0n) is 10.7. The predicted molar refractivity (Wildman–Crippen MR) is 75.5 cm³/mol. The van der Waals surface area contributed by atoms with Crippen molar-refractivity contribution in [2.24, 2.45) is 5.92 Å². The van der Waals surface area contributed by atoms with E-state index < -0.39 is 0 Å². The van der Waals surface area contributed by atoms with Crippen molar-refractivity contribution in [3.05, 3.63) is 28.2 Å². The van der Waals surface area contributed by atoms with Crippen LogP contribution in [0.5, 0.6) is 5.75 Å². The number of benzene rings is 1. The molecule has 2 rings (SSSR count). The molecule has 0 aliphatic heterocycles. The Labute approximate surface area is 113 Å². The quantitative estimate of drug-likeness (QED) is 0.753. The van der Waals surface area contributed by atoms with E-state index in [9.17, 15) is 0 Å². The second-order valence-corrected chi connectivity index (χ2v) is 6.01. The highest BCUT2D eigenvalue weighted by atomic mass is 79.9. The van der Waals surface area contributed by atoms with Crippen molar-refractivity contribution < 1.29 is 4.74 Å². The van der Waals surface area contributed by atoms with Crippen molar-refractivity contribution in [2.75, 3.05) is 0 Å². The van der Waals surface area contributed by atoms with E-state index in [1.165, 1.54) is 37.7 Å². The summed E-state index contributed by atoms with van der Waals surface area (Å²) in [5, 5.41) is 0. The Kier molecular flexibility index (Phi) is 4.49. The molecule has 17 heavy (non-hydrogen) atoms. The van der Waals surface area contributed by atoms with Gasteiger partial charge in [-0.25, -0.2) is 0 Å². The SMILES string of the molecule is CCC1CCCC(Oc2ccc(Br)cc2C)C1. The zero-order valence-corrected chi connectivity index (χ0v) is 12.3. The van der Waals surface area contributed by atoms with Gasteiger partial charge in [-0.05, 0) is 55.9 Å². The van der Waals surface area contributed by atoms with Gasteiger partial charge in [0.1, 0.15) is 5.75 Å². The van der Waals surface area contributed by atoms with Crippen molar-refractivity contribution in [3.63, 3.8) is 0 Å². The molecule has 2 heteroatoms. The van der Waals surface area contributed by atoms with E-state index in [0.717, 1.165) is 16.1 Å². The highest BCUT2D eigenvalue weighted by Crippen LogP contribution is 2.31. The molecule has 0 N–H and O–H groups in total. The lowest BCUT2D eigenvalue weighted by molar-refractivity contribution is 0.121. The molecule has 1 aromatic rings. The molecular formula is C15H21BrO. The third-order valence-electron chi connectivity index (χ3n) is 3.74. The summed E-state index contributed by atoms with van der Waals surface area (Å²) in [5.74, 6) is 1.92. The Morgan fingerprint density at radius 2 is 2.18 bits per heavy atom. The molecule has 94 valence electrons. The lowest BCUT2D eigenvalue weighted by atomic mass is 9.85. The molecule has 1 saturated carbocycles. The number of aryl methyl sites for hydroxylation is 1. The van der Waals surface area contributed by atoms with Gasteiger partial charge >= 0.3 is 0 Å². The smallest absolute Gasteiger partial charge is 0.122 e. The van der Waals surface area contributed by atoms with Crippen LogP contribution in [0.15, 0.2) is 22.7 Å². The van der Waals surface area contributed by atoms with Gasteiger partial charge < -0.3 is 4.74 Å². The standard InChI is InChI=1S/C15H21BrO/c1-3-12-5-4-6-14(10-12)17-15-8-7-13(16)9-11(15)2/h7-9,12,14H,3-6,10H2,1-2H3. The summed E-state index contributed by atoms with van der Waals surface area (Å²) < 4.78 is 7.27. The van der Waals surface area contributed by atoms with Gasteiger partial charge in [-0.2, -0.15) is 0 Å². The van der Waals surface area contributed by atoms with Crippen molar-refractivity contribution >= 4 is 15.9 Å². The molecular weight excluding hydrogens is 276 g/mol. The van der Waals surface area contributed by atoms with E-state index in [0.29, 0.717) is 6.10 Å². The Balaban J connectivity index is 2.00. The molecule has 1 fully saturated rings. The maximum Gasteiger partial charge on any atom is 0.122 e. The molecule has 1 aliphatic carbocycles. The largest absolute Gasteiger partial charge is 0.490 e. The van der Waals surface area contributed by atoms with Gasteiger partial charge in [0.2, 0.25) is 0 Å². The van der Waals surface area contributed by atoms with Crippen LogP contribution >= 0.6 is 15.9 Å². The Morgan fingerprint density at radius 3 is 2.88 bits per heavy atom. The minimum absolute atomic E-state index is 0.425. The summed E-state index contributed by atoms with van der Waals surface area (Å²) >= 11 is 3.49. The molecule has 0 spiro atoms. The lowest BCUT2D eigenvalue weighted by Gasteiger charge is -2.29. The van der Waals surface area contributed by atoms with Crippen LogP contribution in [0.3, 0.4) is 0 Å². The highest BCUT2D eigenvalue weighted by Gasteiger charge is 2.22. The van der Waals surface area contributed by atoms with Gasteiger partial charge in [0, 0.05) is 4.47 Å². The van der Waals surface area contributed by atoms with Crippen LogP contribution in [0, 0.1) is 12.8 Å². The Hall–Kier alpha value is -0.500. The molecule has 0 saturated heterocycles. The van der Waals surface area contributed by atoms with E-state index in [-0.39, 0.29) is 0 Å². The minimum atomic E-state index is 0.425. The average molecular weight is 297 g/mol. The van der Waals surface area contributed by atoms with Gasteiger partial charge in [0.05, 0.1) is 6.10 Å². The molecule has 1 aromatic carbocycles. The highest BCUT2D eigenvalue weighted by molar-refractivity contribution is 9.10. The molecule has 1 nitrogen and oxygen atoms in total. The molecule has 2 unspecified atom stereocenters. The van der Waals surface area contributed by atoms with E-state index in [4.69, 9.17) is 4.74 Å². The summed E-state index contributed by atoms with van der Waals surface area (Å²) in [6.45, 7) is 4.40. The summed E-state index contributed by atoms with van der Waals surface area (Å²) in [5.41, 5.74) is 1.22. The maximum absolute atomic E-state index is 6.15. The molecule has 1 aliphatic rings. The topological polar surface area (TPSA) is 9.23 Å². The summed E-state index contributed by atoms with van der Waals surface area (Å²) in [7, 11) is 0. The van der Waals surface area contributed by atoms with Crippen molar-refractivity contribution in [1.29, 1.82) is 0 Å². The fourth-order valence-electron chi connectivity index (χ4n) is 2.64. The lowest BCUT2D eigenvalue weighted by Crippen LogP contribution is -2.25. The van der Waals surface area contributed by atoms with E-state index >= 15 is 0 Å². The van der Waals surface area contributed by atoms with E-state index in [1.54, 1.807) is 0 Å². The van der Waals surface area contributed by atoms with Crippen LogP contribution < -0.4 is 4.74 Å². The Morgan fingerprint density at radius 1 is 1.35 bits per heavy atom. The molecule has 0 heterocycles. The molecule has 0 radical (unpaired) electrons. The number of rotatable bonds is 3. The van der Waals surface area contributed by atoms with Gasteiger partial charge in [0.25, 0.3) is 0 Å². The first-order valence-corrected chi connectivity index (χ1v) is 7.41. The first-order valence-electron chi connectivity index (χ1n) is 6.62. The normalized spacial score (nSPS) is 24.6. The van der Waals surface area contributed by atoms with Gasteiger partial charge in [0.15, 0.2) is 0 Å². The van der Waals surface area contributed by atoms with E-state index in [1.807, 2.05) is 0 Å². The maximum atomic E-state index is 6.15. The average Bonchev–Trinajstić information content (AvgIpc) is 2.33. The molecule has 0 amide bonds. The van der Waals surface area contributed by atoms with Crippen LogP contribution in [0.25, 0.3) is 0 Å². The molecule has 0 aromatic heterocycles. The minimum Gasteiger partial charge on any atom is -0.490 e. The Bertz CT molecular complexity index is 375. The fourth-order valence-corrected chi connectivity index (χ4v) is 3.12. The summed E-state index contributed by atoms with van der Waals surface area (Å²) in [4.78, 5) is 0. The second kappa shape index (κ2) is 5.90.